The Balaban J connectivity index is 1.53. The Morgan fingerprint density at radius 1 is 0.840 bits per heavy atom. The second-order valence-electron chi connectivity index (χ2n) is 6.84. The normalized spacial score (nSPS) is 20.8. The summed E-state index contributed by atoms with van der Waals surface area (Å²) in [7, 11) is 0. The maximum absolute atomic E-state index is 11.8. The van der Waals surface area contributed by atoms with E-state index >= 15 is 0 Å². The molecular formula is C21H22N2O2. The van der Waals surface area contributed by atoms with Gasteiger partial charge in [0, 0.05) is 44.9 Å². The van der Waals surface area contributed by atoms with Gasteiger partial charge in [0.2, 0.25) is 11.8 Å². The van der Waals surface area contributed by atoms with Crippen LogP contribution in [-0.2, 0) is 16.1 Å². The van der Waals surface area contributed by atoms with Crippen LogP contribution in [-0.4, -0.2) is 41.2 Å². The van der Waals surface area contributed by atoms with E-state index in [-0.39, 0.29) is 11.8 Å². The Kier molecular flexibility index (Phi) is 4.36. The number of rotatable bonds is 4. The number of amides is 2. The molecule has 0 aromatic heterocycles. The molecule has 0 unspecified atom stereocenters. The van der Waals surface area contributed by atoms with Gasteiger partial charge in [0.25, 0.3) is 0 Å². The summed E-state index contributed by atoms with van der Waals surface area (Å²) in [6.45, 7) is 3.02. The minimum absolute atomic E-state index is 0.0259. The van der Waals surface area contributed by atoms with Crippen LogP contribution in [0.25, 0.3) is 0 Å². The van der Waals surface area contributed by atoms with E-state index in [2.05, 4.69) is 53.4 Å². The number of imide groups is 1. The highest BCUT2D eigenvalue weighted by atomic mass is 16.2. The highest BCUT2D eigenvalue weighted by Crippen LogP contribution is 2.33. The molecule has 4 nitrogen and oxygen atoms in total. The van der Waals surface area contributed by atoms with E-state index in [0.717, 1.165) is 19.6 Å². The molecule has 1 saturated heterocycles. The smallest absolute Gasteiger partial charge is 0.229 e. The van der Waals surface area contributed by atoms with Gasteiger partial charge < -0.3 is 0 Å². The lowest BCUT2D eigenvalue weighted by Gasteiger charge is -2.35. The van der Waals surface area contributed by atoms with Gasteiger partial charge in [-0.25, -0.2) is 0 Å². The number of nitrogens with zero attached hydrogens (tertiary/aromatic N) is 2. The summed E-state index contributed by atoms with van der Waals surface area (Å²) in [4.78, 5) is 27.4. The molecule has 1 fully saturated rings. The van der Waals surface area contributed by atoms with E-state index in [1.807, 2.05) is 6.07 Å². The van der Waals surface area contributed by atoms with Gasteiger partial charge >= 0.3 is 0 Å². The van der Waals surface area contributed by atoms with Crippen LogP contribution in [0.15, 0.2) is 54.6 Å². The van der Waals surface area contributed by atoms with Crippen molar-refractivity contribution >= 4 is 11.8 Å². The fourth-order valence-corrected chi connectivity index (χ4v) is 3.93. The number of fused-ring (bicyclic) bond motifs is 1. The van der Waals surface area contributed by atoms with Gasteiger partial charge in [-0.2, -0.15) is 0 Å². The van der Waals surface area contributed by atoms with Gasteiger partial charge in [0.15, 0.2) is 0 Å². The first-order valence-electron chi connectivity index (χ1n) is 8.90. The fraction of sp³-hybridized carbons (Fsp3) is 0.333. The number of hydrogen-bond donors (Lipinski definition) is 0. The van der Waals surface area contributed by atoms with E-state index in [0.29, 0.717) is 25.3 Å². The summed E-state index contributed by atoms with van der Waals surface area (Å²) >= 11 is 0. The fourth-order valence-electron chi connectivity index (χ4n) is 3.93. The summed E-state index contributed by atoms with van der Waals surface area (Å²) in [5.41, 5.74) is 4.04. The number of hydrogen-bond acceptors (Lipinski definition) is 3. The average Bonchev–Trinajstić information content (AvgIpc) is 2.98. The standard InChI is InChI=1S/C21H22N2O2/c24-20-10-11-21(25)23(20)13-12-22-14-17-8-4-5-9-18(17)19(15-22)16-6-2-1-3-7-16/h1-9,19H,10-15H2/t19-/m0/s1. The SMILES string of the molecule is O=C1CCC(=O)N1CCN1Cc2ccccc2[C@H](c2ccccc2)C1. The maximum Gasteiger partial charge on any atom is 0.229 e. The molecule has 0 aliphatic carbocycles. The van der Waals surface area contributed by atoms with Crippen LogP contribution in [0.1, 0.15) is 35.4 Å². The van der Waals surface area contributed by atoms with E-state index < -0.39 is 0 Å². The van der Waals surface area contributed by atoms with Crippen molar-refractivity contribution in [3.63, 3.8) is 0 Å². The summed E-state index contributed by atoms with van der Waals surface area (Å²) in [5.74, 6) is 0.278. The first-order valence-corrected chi connectivity index (χ1v) is 8.90. The Hall–Kier alpha value is -2.46. The van der Waals surface area contributed by atoms with Gasteiger partial charge in [-0.3, -0.25) is 19.4 Å². The molecule has 0 radical (unpaired) electrons. The summed E-state index contributed by atoms with van der Waals surface area (Å²) in [6.07, 6.45) is 0.739. The first-order chi connectivity index (χ1) is 12.2. The maximum atomic E-state index is 11.8. The van der Waals surface area contributed by atoms with Crippen molar-refractivity contribution in [3.05, 3.63) is 71.3 Å². The lowest BCUT2D eigenvalue weighted by Crippen LogP contribution is -2.41. The third-order valence-corrected chi connectivity index (χ3v) is 5.26. The number of benzene rings is 2. The molecule has 4 heteroatoms. The zero-order chi connectivity index (χ0) is 17.2. The molecule has 2 heterocycles. The minimum atomic E-state index is -0.0259. The highest BCUT2D eigenvalue weighted by molar-refractivity contribution is 6.01. The zero-order valence-electron chi connectivity index (χ0n) is 14.2. The van der Waals surface area contributed by atoms with E-state index in [9.17, 15) is 9.59 Å². The van der Waals surface area contributed by atoms with Gasteiger partial charge in [-0.1, -0.05) is 54.6 Å². The average molecular weight is 334 g/mol. The third kappa shape index (κ3) is 3.22. The topological polar surface area (TPSA) is 40.6 Å². The number of carbonyl (C=O) groups excluding carboxylic acids is 2. The molecule has 0 bridgehead atoms. The Morgan fingerprint density at radius 3 is 2.28 bits per heavy atom. The quantitative estimate of drug-likeness (QED) is 0.807. The largest absolute Gasteiger partial charge is 0.296 e. The predicted octanol–water partition coefficient (Wildman–Crippen LogP) is 2.78. The second kappa shape index (κ2) is 6.81. The van der Waals surface area contributed by atoms with Crippen molar-refractivity contribution in [2.45, 2.75) is 25.3 Å². The molecule has 0 spiro atoms. The van der Waals surface area contributed by atoms with Gasteiger partial charge in [-0.15, -0.1) is 0 Å². The van der Waals surface area contributed by atoms with Crippen molar-refractivity contribution in [3.8, 4) is 0 Å². The van der Waals surface area contributed by atoms with Crippen LogP contribution in [0, 0.1) is 0 Å². The number of likely N-dealkylation sites (tertiary alicyclic amines) is 1. The lowest BCUT2D eigenvalue weighted by molar-refractivity contribution is -0.138. The minimum Gasteiger partial charge on any atom is -0.296 e. The molecule has 2 aromatic rings. The monoisotopic (exact) mass is 334 g/mol. The third-order valence-electron chi connectivity index (χ3n) is 5.26. The molecule has 2 aliphatic rings. The summed E-state index contributed by atoms with van der Waals surface area (Å²) in [6, 6.07) is 19.2. The van der Waals surface area contributed by atoms with Crippen LogP contribution < -0.4 is 0 Å². The zero-order valence-corrected chi connectivity index (χ0v) is 14.2. The van der Waals surface area contributed by atoms with Gasteiger partial charge in [0.1, 0.15) is 0 Å². The molecule has 1 atom stereocenters. The first kappa shape index (κ1) is 16.0. The Bertz CT molecular complexity index is 771. The summed E-state index contributed by atoms with van der Waals surface area (Å²) < 4.78 is 0. The Labute approximate surface area is 148 Å². The molecule has 128 valence electrons. The molecular weight excluding hydrogens is 312 g/mol. The van der Waals surface area contributed by atoms with Gasteiger partial charge in [-0.05, 0) is 16.7 Å². The predicted molar refractivity (Wildman–Crippen MR) is 96.0 cm³/mol. The summed E-state index contributed by atoms with van der Waals surface area (Å²) in [5, 5.41) is 0. The molecule has 0 saturated carbocycles. The van der Waals surface area contributed by atoms with Crippen LogP contribution in [0.5, 0.6) is 0 Å². The van der Waals surface area contributed by atoms with Crippen LogP contribution in [0.3, 0.4) is 0 Å². The lowest BCUT2D eigenvalue weighted by atomic mass is 9.85. The molecule has 2 amide bonds. The highest BCUT2D eigenvalue weighted by Gasteiger charge is 2.31. The van der Waals surface area contributed by atoms with Crippen LogP contribution >= 0.6 is 0 Å². The van der Waals surface area contributed by atoms with Crippen molar-refractivity contribution in [1.82, 2.24) is 9.80 Å². The van der Waals surface area contributed by atoms with Crippen LogP contribution in [0.2, 0.25) is 0 Å². The number of carbonyl (C=O) groups is 2. The van der Waals surface area contributed by atoms with E-state index in [1.54, 1.807) is 0 Å². The van der Waals surface area contributed by atoms with Crippen molar-refractivity contribution in [2.75, 3.05) is 19.6 Å². The van der Waals surface area contributed by atoms with Crippen molar-refractivity contribution < 1.29 is 9.59 Å². The van der Waals surface area contributed by atoms with E-state index in [1.165, 1.54) is 21.6 Å². The van der Waals surface area contributed by atoms with Crippen molar-refractivity contribution in [1.29, 1.82) is 0 Å². The second-order valence-corrected chi connectivity index (χ2v) is 6.84. The van der Waals surface area contributed by atoms with E-state index in [4.69, 9.17) is 0 Å². The van der Waals surface area contributed by atoms with Crippen molar-refractivity contribution in [2.24, 2.45) is 0 Å². The van der Waals surface area contributed by atoms with Gasteiger partial charge in [0.05, 0.1) is 0 Å². The molecule has 2 aliphatic heterocycles. The molecule has 4 rings (SSSR count). The Morgan fingerprint density at radius 2 is 1.52 bits per heavy atom. The molecule has 2 aromatic carbocycles. The molecule has 25 heavy (non-hydrogen) atoms. The molecule has 0 N–H and O–H groups in total. The van der Waals surface area contributed by atoms with Crippen LogP contribution in [0.4, 0.5) is 0 Å².